The summed E-state index contributed by atoms with van der Waals surface area (Å²) < 4.78 is 11.9. The van der Waals surface area contributed by atoms with Crippen molar-refractivity contribution in [1.29, 1.82) is 0 Å². The lowest BCUT2D eigenvalue weighted by Crippen LogP contribution is -2.35. The average Bonchev–Trinajstić information content (AvgIpc) is 3.05. The number of fused-ring (bicyclic) bond motifs is 1. The van der Waals surface area contributed by atoms with Gasteiger partial charge in [0.2, 0.25) is 5.91 Å². The molecule has 0 aliphatic heterocycles. The number of imidazole rings is 1. The van der Waals surface area contributed by atoms with Gasteiger partial charge in [0.1, 0.15) is 12.4 Å². The summed E-state index contributed by atoms with van der Waals surface area (Å²) in [6, 6.07) is 13.0. The van der Waals surface area contributed by atoms with Gasteiger partial charge in [0, 0.05) is 38.4 Å². The van der Waals surface area contributed by atoms with Gasteiger partial charge in [-0.1, -0.05) is 30.3 Å². The first kappa shape index (κ1) is 21.5. The van der Waals surface area contributed by atoms with Crippen molar-refractivity contribution in [3.63, 3.8) is 0 Å². The summed E-state index contributed by atoms with van der Waals surface area (Å²) in [5.74, 6) is 0.153. The highest BCUT2D eigenvalue weighted by molar-refractivity contribution is 6.06. The average molecular weight is 410 g/mol. The van der Waals surface area contributed by atoms with Crippen LogP contribution in [0.25, 0.3) is 22.4 Å². The molecule has 3 aromatic rings. The number of carbonyl (C=O) groups is 2. The lowest BCUT2D eigenvalue weighted by molar-refractivity contribution is -0.119. The normalized spacial score (nSPS) is 12.0. The Bertz CT molecular complexity index is 1050. The Morgan fingerprint density at radius 2 is 1.87 bits per heavy atom. The number of carbonyl (C=O) groups excluding carboxylic acids is 2. The minimum absolute atomic E-state index is 0.0911. The summed E-state index contributed by atoms with van der Waals surface area (Å²) in [4.78, 5) is 29.7. The third kappa shape index (κ3) is 4.67. The topological polar surface area (TPSA) is 94.5 Å². The van der Waals surface area contributed by atoms with E-state index in [2.05, 4.69) is 10.6 Å². The van der Waals surface area contributed by atoms with Crippen LogP contribution >= 0.6 is 0 Å². The molecule has 30 heavy (non-hydrogen) atoms. The van der Waals surface area contributed by atoms with Crippen LogP contribution in [0.3, 0.4) is 0 Å². The van der Waals surface area contributed by atoms with E-state index in [1.807, 2.05) is 48.9 Å². The lowest BCUT2D eigenvalue weighted by Gasteiger charge is -2.14. The Labute approximate surface area is 175 Å². The van der Waals surface area contributed by atoms with Gasteiger partial charge in [-0.25, -0.2) is 4.98 Å². The number of hydrogen-bond acceptors (Lipinski definition) is 5. The molecule has 158 valence electrons. The molecule has 0 aliphatic carbocycles. The highest BCUT2D eigenvalue weighted by Gasteiger charge is 2.19. The van der Waals surface area contributed by atoms with E-state index < -0.39 is 0 Å². The third-order valence-corrected chi connectivity index (χ3v) is 4.61. The quantitative estimate of drug-likeness (QED) is 0.595. The van der Waals surface area contributed by atoms with E-state index in [1.54, 1.807) is 19.2 Å². The largest absolute Gasteiger partial charge is 0.383 e. The second-order valence-corrected chi connectivity index (χ2v) is 7.06. The summed E-state index contributed by atoms with van der Waals surface area (Å²) in [5, 5.41) is 5.72. The number of methoxy groups -OCH3 is 2. The molecule has 0 radical (unpaired) electrons. The van der Waals surface area contributed by atoms with E-state index in [4.69, 9.17) is 14.5 Å². The molecule has 2 aromatic carbocycles. The minimum atomic E-state index is -0.313. The van der Waals surface area contributed by atoms with Crippen LogP contribution in [0.1, 0.15) is 17.3 Å². The predicted octanol–water partition coefficient (Wildman–Crippen LogP) is 2.59. The van der Waals surface area contributed by atoms with Crippen molar-refractivity contribution in [2.75, 3.05) is 32.8 Å². The predicted molar refractivity (Wildman–Crippen MR) is 115 cm³/mol. The van der Waals surface area contributed by atoms with E-state index in [-0.39, 0.29) is 24.5 Å². The summed E-state index contributed by atoms with van der Waals surface area (Å²) in [7, 11) is 4.91. The number of benzene rings is 2. The lowest BCUT2D eigenvalue weighted by atomic mass is 10.1. The van der Waals surface area contributed by atoms with Crippen LogP contribution in [-0.4, -0.2) is 54.8 Å². The van der Waals surface area contributed by atoms with Crippen LogP contribution < -0.4 is 10.6 Å². The van der Waals surface area contributed by atoms with Crippen molar-refractivity contribution < 1.29 is 19.1 Å². The van der Waals surface area contributed by atoms with E-state index in [1.165, 1.54) is 7.11 Å². The molecule has 1 atom stereocenters. The molecular weight excluding hydrogens is 384 g/mol. The van der Waals surface area contributed by atoms with E-state index in [9.17, 15) is 9.59 Å². The van der Waals surface area contributed by atoms with Crippen LogP contribution in [0.5, 0.6) is 0 Å². The van der Waals surface area contributed by atoms with Gasteiger partial charge in [0.15, 0.2) is 0 Å². The maximum Gasteiger partial charge on any atom is 0.251 e. The van der Waals surface area contributed by atoms with Crippen molar-refractivity contribution in [1.82, 2.24) is 14.9 Å². The smallest absolute Gasteiger partial charge is 0.251 e. The molecule has 8 nitrogen and oxygen atoms in total. The molecular formula is C22H26N4O4. The van der Waals surface area contributed by atoms with Crippen molar-refractivity contribution in [3.05, 3.63) is 48.0 Å². The SMILES string of the molecule is COCC(=O)Nc1cc(C(=O)N[C@H](C)COC)cc2nc(-c3ccccc3)n(C)c12. The van der Waals surface area contributed by atoms with Crippen molar-refractivity contribution in [2.24, 2.45) is 7.05 Å². The molecule has 0 bridgehead atoms. The summed E-state index contributed by atoms with van der Waals surface area (Å²) >= 11 is 0. The maximum atomic E-state index is 12.8. The van der Waals surface area contributed by atoms with Gasteiger partial charge >= 0.3 is 0 Å². The third-order valence-electron chi connectivity index (χ3n) is 4.61. The molecule has 1 heterocycles. The Kier molecular flexibility index (Phi) is 6.81. The molecule has 2 amide bonds. The number of nitrogens with zero attached hydrogens (tertiary/aromatic N) is 2. The Balaban J connectivity index is 2.09. The monoisotopic (exact) mass is 410 g/mol. The zero-order valence-electron chi connectivity index (χ0n) is 17.6. The number of aromatic nitrogens is 2. The second-order valence-electron chi connectivity index (χ2n) is 7.06. The molecule has 0 fully saturated rings. The first-order valence-electron chi connectivity index (χ1n) is 9.59. The van der Waals surface area contributed by atoms with Gasteiger partial charge in [-0.3, -0.25) is 9.59 Å². The van der Waals surface area contributed by atoms with Gasteiger partial charge in [-0.2, -0.15) is 0 Å². The standard InChI is InChI=1S/C22H26N4O4/c1-14(12-29-3)23-22(28)16-10-17(24-19(27)13-30-4)20-18(11-16)25-21(26(20)2)15-8-6-5-7-9-15/h5-11,14H,12-13H2,1-4H3,(H,23,28)(H,24,27)/t14-/m1/s1. The number of rotatable bonds is 8. The van der Waals surface area contributed by atoms with Crippen LogP contribution in [0, 0.1) is 0 Å². The molecule has 0 unspecified atom stereocenters. The molecule has 0 saturated heterocycles. The van der Waals surface area contributed by atoms with Crippen molar-refractivity contribution in [3.8, 4) is 11.4 Å². The zero-order chi connectivity index (χ0) is 21.7. The van der Waals surface area contributed by atoms with E-state index in [0.717, 1.165) is 16.9 Å². The van der Waals surface area contributed by atoms with Gasteiger partial charge in [-0.05, 0) is 19.1 Å². The number of hydrogen-bond donors (Lipinski definition) is 2. The first-order chi connectivity index (χ1) is 14.4. The Morgan fingerprint density at radius 3 is 2.53 bits per heavy atom. The number of nitrogens with one attached hydrogen (secondary N) is 2. The molecule has 0 aliphatic rings. The number of aryl methyl sites for hydroxylation is 1. The van der Waals surface area contributed by atoms with Crippen LogP contribution in [0.15, 0.2) is 42.5 Å². The molecule has 0 saturated carbocycles. The summed E-state index contributed by atoms with van der Waals surface area (Å²) in [6.45, 7) is 2.16. The van der Waals surface area contributed by atoms with Crippen LogP contribution in [-0.2, 0) is 21.3 Å². The van der Waals surface area contributed by atoms with Crippen LogP contribution in [0.4, 0.5) is 5.69 Å². The van der Waals surface area contributed by atoms with E-state index in [0.29, 0.717) is 23.4 Å². The summed E-state index contributed by atoms with van der Waals surface area (Å²) in [5.41, 5.74) is 3.16. The number of amides is 2. The van der Waals surface area contributed by atoms with Crippen LogP contribution in [0.2, 0.25) is 0 Å². The van der Waals surface area contributed by atoms with Gasteiger partial charge in [0.05, 0.1) is 23.3 Å². The second kappa shape index (κ2) is 9.51. The number of ether oxygens (including phenoxy) is 2. The molecule has 1 aromatic heterocycles. The Hall–Kier alpha value is -3.23. The maximum absolute atomic E-state index is 12.8. The highest BCUT2D eigenvalue weighted by Crippen LogP contribution is 2.30. The van der Waals surface area contributed by atoms with Gasteiger partial charge < -0.3 is 24.7 Å². The number of anilines is 1. The fourth-order valence-corrected chi connectivity index (χ4v) is 3.34. The zero-order valence-corrected chi connectivity index (χ0v) is 17.6. The Morgan fingerprint density at radius 1 is 1.13 bits per heavy atom. The van der Waals surface area contributed by atoms with Gasteiger partial charge in [0.25, 0.3) is 5.91 Å². The highest BCUT2D eigenvalue weighted by atomic mass is 16.5. The molecule has 2 N–H and O–H groups in total. The molecule has 8 heteroatoms. The fraction of sp³-hybridized carbons (Fsp3) is 0.318. The summed E-state index contributed by atoms with van der Waals surface area (Å²) in [6.07, 6.45) is 0. The molecule has 0 spiro atoms. The van der Waals surface area contributed by atoms with E-state index >= 15 is 0 Å². The van der Waals surface area contributed by atoms with Crippen molar-refractivity contribution in [2.45, 2.75) is 13.0 Å². The van der Waals surface area contributed by atoms with Crippen molar-refractivity contribution >= 4 is 28.5 Å². The van der Waals surface area contributed by atoms with Gasteiger partial charge in [-0.15, -0.1) is 0 Å². The fourth-order valence-electron chi connectivity index (χ4n) is 3.34. The minimum Gasteiger partial charge on any atom is -0.383 e. The first-order valence-corrected chi connectivity index (χ1v) is 9.59. The molecule has 3 rings (SSSR count).